The Labute approximate surface area is 54.9 Å². The molecular weight excluding hydrogens is 147 g/mol. The van der Waals surface area contributed by atoms with E-state index >= 15 is 0 Å². The van der Waals surface area contributed by atoms with Crippen LogP contribution in [0.1, 0.15) is 6.42 Å². The van der Waals surface area contributed by atoms with Crippen LogP contribution in [0.3, 0.4) is 0 Å². The molecule has 6 nitrogen and oxygen atoms in total. The minimum Gasteiger partial charge on any atom is -0.256 e. The van der Waals surface area contributed by atoms with Gasteiger partial charge in [0.15, 0.2) is 0 Å². The molecule has 0 N–H and O–H groups in total. The first-order valence-electron chi connectivity index (χ1n) is 2.22. The maximum absolute atomic E-state index is 12.3. The molecule has 10 heavy (non-hydrogen) atoms. The van der Waals surface area contributed by atoms with Crippen LogP contribution in [0, 0.1) is 27.2 Å². The van der Waals surface area contributed by atoms with Gasteiger partial charge in [-0.15, -0.1) is 0 Å². The average Bonchev–Trinajstić information content (AvgIpc) is 1.85. The Morgan fingerprint density at radius 2 is 1.70 bits per heavy atom. The summed E-state index contributed by atoms with van der Waals surface area (Å²) in [5, 5.41) is 19.3. The van der Waals surface area contributed by atoms with Gasteiger partial charge in [0.05, 0.1) is 0 Å². The van der Waals surface area contributed by atoms with E-state index < -0.39 is 22.2 Å². The second kappa shape index (κ2) is 2.54. The number of halogens is 1. The first kappa shape index (κ1) is 8.73. The molecule has 0 saturated heterocycles. The fourth-order valence-corrected chi connectivity index (χ4v) is 0.249. The van der Waals surface area contributed by atoms with E-state index in [9.17, 15) is 24.6 Å². The average molecular weight is 151 g/mol. The van der Waals surface area contributed by atoms with Crippen molar-refractivity contribution in [3.8, 4) is 0 Å². The van der Waals surface area contributed by atoms with Gasteiger partial charge in [-0.05, 0) is 6.92 Å². The summed E-state index contributed by atoms with van der Waals surface area (Å²) in [6.07, 6.45) is -1.02. The zero-order valence-corrected chi connectivity index (χ0v) is 4.82. The standard InChI is InChI=1S/C3H4FN2O4/c1-2-3(4,5(7)8)6(9)10/h1-2H2. The van der Waals surface area contributed by atoms with Crippen molar-refractivity contribution in [1.29, 1.82) is 0 Å². The largest absolute Gasteiger partial charge is 0.613 e. The molecule has 0 amide bonds. The highest BCUT2D eigenvalue weighted by Gasteiger charge is 2.55. The van der Waals surface area contributed by atoms with Crippen LogP contribution in [0.25, 0.3) is 0 Å². The normalized spacial score (nSPS) is 11.0. The second-order valence-electron chi connectivity index (χ2n) is 1.48. The lowest BCUT2D eigenvalue weighted by Gasteiger charge is -2.03. The van der Waals surface area contributed by atoms with E-state index in [1.54, 1.807) is 0 Å². The van der Waals surface area contributed by atoms with Crippen LogP contribution in [-0.4, -0.2) is 15.8 Å². The van der Waals surface area contributed by atoms with E-state index in [0.717, 1.165) is 0 Å². The summed E-state index contributed by atoms with van der Waals surface area (Å²) in [4.78, 5) is 16.1. The SMILES string of the molecule is [CH2]CC(F)([N+](=O)[O-])[N+](=O)[O-]. The van der Waals surface area contributed by atoms with E-state index in [0.29, 0.717) is 0 Å². The number of nitro groups is 2. The highest BCUT2D eigenvalue weighted by atomic mass is 19.2. The van der Waals surface area contributed by atoms with Crippen LogP contribution in [0.5, 0.6) is 0 Å². The summed E-state index contributed by atoms with van der Waals surface area (Å²) < 4.78 is 12.3. The molecular formula is C3H4FN2O4. The molecule has 0 aromatic rings. The van der Waals surface area contributed by atoms with Gasteiger partial charge in [-0.1, -0.05) is 4.39 Å². The Morgan fingerprint density at radius 1 is 1.40 bits per heavy atom. The Bertz CT molecular complexity index is 156. The summed E-state index contributed by atoms with van der Waals surface area (Å²) >= 11 is 0. The van der Waals surface area contributed by atoms with Crippen molar-refractivity contribution in [2.75, 3.05) is 0 Å². The Morgan fingerprint density at radius 3 is 1.70 bits per heavy atom. The van der Waals surface area contributed by atoms with Crippen molar-refractivity contribution in [2.45, 2.75) is 12.3 Å². The third kappa shape index (κ3) is 1.17. The smallest absolute Gasteiger partial charge is 0.256 e. The topological polar surface area (TPSA) is 86.3 Å². The summed E-state index contributed by atoms with van der Waals surface area (Å²) in [5.74, 6) is -3.62. The van der Waals surface area contributed by atoms with Gasteiger partial charge in [-0.25, -0.2) is 0 Å². The first-order chi connectivity index (χ1) is 4.45. The van der Waals surface area contributed by atoms with Gasteiger partial charge in [0, 0.05) is 0 Å². The van der Waals surface area contributed by atoms with Gasteiger partial charge in [0.2, 0.25) is 0 Å². The van der Waals surface area contributed by atoms with E-state index in [-0.39, 0.29) is 0 Å². The van der Waals surface area contributed by atoms with Gasteiger partial charge in [-0.3, -0.25) is 20.2 Å². The monoisotopic (exact) mass is 151 g/mol. The van der Waals surface area contributed by atoms with Gasteiger partial charge < -0.3 is 0 Å². The summed E-state index contributed by atoms with van der Waals surface area (Å²) in [6.45, 7) is 2.74. The quantitative estimate of drug-likeness (QED) is 0.252. The maximum atomic E-state index is 12.3. The predicted molar refractivity (Wildman–Crippen MR) is 27.8 cm³/mol. The van der Waals surface area contributed by atoms with Crippen LogP contribution < -0.4 is 0 Å². The number of alkyl halides is 1. The van der Waals surface area contributed by atoms with Crippen LogP contribution in [0.15, 0.2) is 0 Å². The van der Waals surface area contributed by atoms with E-state index in [1.807, 2.05) is 0 Å². The highest BCUT2D eigenvalue weighted by Crippen LogP contribution is 2.16. The zero-order chi connectivity index (χ0) is 8.36. The van der Waals surface area contributed by atoms with Crippen molar-refractivity contribution in [1.82, 2.24) is 0 Å². The molecule has 0 aromatic heterocycles. The van der Waals surface area contributed by atoms with Crippen molar-refractivity contribution >= 4 is 0 Å². The predicted octanol–water partition coefficient (Wildman–Crippen LogP) is 0.387. The molecule has 7 heteroatoms. The summed E-state index contributed by atoms with van der Waals surface area (Å²) in [7, 11) is 0. The van der Waals surface area contributed by atoms with Gasteiger partial charge in [0.1, 0.15) is 16.3 Å². The Balaban J connectivity index is 4.55. The molecule has 0 aromatic carbocycles. The molecule has 0 unspecified atom stereocenters. The third-order valence-electron chi connectivity index (χ3n) is 0.878. The highest BCUT2D eigenvalue weighted by molar-refractivity contribution is 4.52. The molecule has 0 aliphatic carbocycles. The Kier molecular flexibility index (Phi) is 2.22. The minimum absolute atomic E-state index is 1.02. The fraction of sp³-hybridized carbons (Fsp3) is 0.667. The first-order valence-corrected chi connectivity index (χ1v) is 2.22. The van der Waals surface area contributed by atoms with Crippen LogP contribution in [-0.2, 0) is 0 Å². The van der Waals surface area contributed by atoms with Crippen molar-refractivity contribution in [3.05, 3.63) is 27.2 Å². The van der Waals surface area contributed by atoms with E-state index in [4.69, 9.17) is 0 Å². The van der Waals surface area contributed by atoms with Gasteiger partial charge in [0.25, 0.3) is 0 Å². The maximum Gasteiger partial charge on any atom is 0.613 e. The molecule has 0 fully saturated rings. The molecule has 57 valence electrons. The number of rotatable bonds is 3. The van der Waals surface area contributed by atoms with Gasteiger partial charge in [-0.2, -0.15) is 0 Å². The molecule has 0 atom stereocenters. The summed E-state index contributed by atoms with van der Waals surface area (Å²) in [5.41, 5.74) is 0. The molecule has 0 heterocycles. The lowest BCUT2D eigenvalue weighted by Crippen LogP contribution is -2.40. The number of nitrogens with zero attached hydrogens (tertiary/aromatic N) is 2. The second-order valence-corrected chi connectivity index (χ2v) is 1.48. The van der Waals surface area contributed by atoms with Crippen molar-refractivity contribution in [2.24, 2.45) is 0 Å². The van der Waals surface area contributed by atoms with E-state index in [2.05, 4.69) is 6.92 Å². The molecule has 0 bridgehead atoms. The van der Waals surface area contributed by atoms with E-state index in [1.165, 1.54) is 0 Å². The molecule has 1 radical (unpaired) electrons. The third-order valence-corrected chi connectivity index (χ3v) is 0.878. The number of hydrogen-bond donors (Lipinski definition) is 0. The van der Waals surface area contributed by atoms with Crippen LogP contribution in [0.2, 0.25) is 0 Å². The molecule has 0 aliphatic rings. The van der Waals surface area contributed by atoms with Crippen molar-refractivity contribution < 1.29 is 14.2 Å². The lowest BCUT2D eigenvalue weighted by molar-refractivity contribution is -0.830. The van der Waals surface area contributed by atoms with Crippen LogP contribution >= 0.6 is 0 Å². The minimum atomic E-state index is -3.62. The molecule has 0 spiro atoms. The molecule has 0 rings (SSSR count). The van der Waals surface area contributed by atoms with Crippen molar-refractivity contribution in [3.63, 3.8) is 0 Å². The fourth-order valence-electron chi connectivity index (χ4n) is 0.249. The molecule has 0 aliphatic heterocycles. The molecule has 0 saturated carbocycles. The summed E-state index contributed by atoms with van der Waals surface area (Å²) in [6, 6.07) is 0. The Hall–Kier alpha value is -1.27. The lowest BCUT2D eigenvalue weighted by atomic mass is 10.4. The number of hydrogen-bond acceptors (Lipinski definition) is 4. The van der Waals surface area contributed by atoms with Gasteiger partial charge >= 0.3 is 5.92 Å². The zero-order valence-electron chi connectivity index (χ0n) is 4.82. The van der Waals surface area contributed by atoms with Crippen LogP contribution in [0.4, 0.5) is 4.39 Å².